The standard InChI is InChI=1S/C17H22N2O2/c1-3-15(4-2)19-11-10-14(18-19)12-16(17(20)21)13-8-6-5-7-9-13/h5-11,15-16H,3-4,12H2,1-2H3,(H,20,21). The van der Waals surface area contributed by atoms with Gasteiger partial charge in [-0.3, -0.25) is 9.48 Å². The Hall–Kier alpha value is -2.10. The summed E-state index contributed by atoms with van der Waals surface area (Å²) < 4.78 is 1.96. The molecule has 4 nitrogen and oxygen atoms in total. The maximum absolute atomic E-state index is 11.5. The molecule has 2 rings (SSSR count). The van der Waals surface area contributed by atoms with Crippen LogP contribution in [0.1, 0.15) is 49.9 Å². The molecule has 4 heteroatoms. The molecule has 21 heavy (non-hydrogen) atoms. The van der Waals surface area contributed by atoms with E-state index in [1.54, 1.807) is 0 Å². The summed E-state index contributed by atoms with van der Waals surface area (Å²) in [6.45, 7) is 4.28. The number of carbonyl (C=O) groups is 1. The number of carboxylic acids is 1. The van der Waals surface area contributed by atoms with Crippen LogP contribution >= 0.6 is 0 Å². The zero-order valence-electron chi connectivity index (χ0n) is 12.6. The Labute approximate surface area is 125 Å². The zero-order chi connectivity index (χ0) is 15.2. The lowest BCUT2D eigenvalue weighted by Gasteiger charge is -2.13. The van der Waals surface area contributed by atoms with Gasteiger partial charge in [-0.05, 0) is 24.5 Å². The lowest BCUT2D eigenvalue weighted by Crippen LogP contribution is -2.15. The zero-order valence-corrected chi connectivity index (χ0v) is 12.6. The highest BCUT2D eigenvalue weighted by Gasteiger charge is 2.21. The maximum Gasteiger partial charge on any atom is 0.311 e. The quantitative estimate of drug-likeness (QED) is 0.845. The number of carboxylic acid groups (broad SMARTS) is 1. The Morgan fingerprint density at radius 1 is 1.19 bits per heavy atom. The Bertz CT molecular complexity index is 573. The third kappa shape index (κ3) is 3.72. The lowest BCUT2D eigenvalue weighted by molar-refractivity contribution is -0.138. The van der Waals surface area contributed by atoms with Crippen molar-refractivity contribution in [2.24, 2.45) is 0 Å². The van der Waals surface area contributed by atoms with Crippen molar-refractivity contribution in [1.82, 2.24) is 9.78 Å². The van der Waals surface area contributed by atoms with Crippen molar-refractivity contribution in [2.75, 3.05) is 0 Å². The molecule has 0 bridgehead atoms. The molecule has 0 radical (unpaired) electrons. The third-order valence-corrected chi connectivity index (χ3v) is 3.89. The van der Waals surface area contributed by atoms with Crippen LogP contribution in [0.3, 0.4) is 0 Å². The minimum absolute atomic E-state index is 0.388. The lowest BCUT2D eigenvalue weighted by atomic mass is 9.94. The van der Waals surface area contributed by atoms with Gasteiger partial charge in [0, 0.05) is 12.6 Å². The van der Waals surface area contributed by atoms with Gasteiger partial charge < -0.3 is 5.11 Å². The molecule has 1 aromatic carbocycles. The summed E-state index contributed by atoms with van der Waals surface area (Å²) in [4.78, 5) is 11.5. The minimum atomic E-state index is -0.807. The van der Waals surface area contributed by atoms with E-state index in [1.807, 2.05) is 47.3 Å². The molecular weight excluding hydrogens is 264 g/mol. The Morgan fingerprint density at radius 2 is 1.86 bits per heavy atom. The molecule has 0 spiro atoms. The fraction of sp³-hybridized carbons (Fsp3) is 0.412. The summed E-state index contributed by atoms with van der Waals surface area (Å²) in [5.41, 5.74) is 1.65. The summed E-state index contributed by atoms with van der Waals surface area (Å²) >= 11 is 0. The summed E-state index contributed by atoms with van der Waals surface area (Å²) in [5.74, 6) is -1.35. The van der Waals surface area contributed by atoms with Gasteiger partial charge >= 0.3 is 5.97 Å². The van der Waals surface area contributed by atoms with E-state index in [0.717, 1.165) is 24.1 Å². The molecule has 1 N–H and O–H groups in total. The molecule has 0 saturated carbocycles. The molecule has 0 aliphatic rings. The first-order chi connectivity index (χ1) is 10.2. The van der Waals surface area contributed by atoms with Crippen molar-refractivity contribution in [1.29, 1.82) is 0 Å². The molecule has 1 heterocycles. The summed E-state index contributed by atoms with van der Waals surface area (Å²) in [5, 5.41) is 14.0. The number of hydrogen-bond donors (Lipinski definition) is 1. The van der Waals surface area contributed by atoms with Gasteiger partial charge in [0.1, 0.15) is 0 Å². The minimum Gasteiger partial charge on any atom is -0.481 e. The fourth-order valence-electron chi connectivity index (χ4n) is 2.59. The van der Waals surface area contributed by atoms with E-state index in [0.29, 0.717) is 12.5 Å². The first-order valence-electron chi connectivity index (χ1n) is 7.47. The molecule has 1 aromatic heterocycles. The number of aliphatic carboxylic acids is 1. The summed E-state index contributed by atoms with van der Waals surface area (Å²) in [6.07, 6.45) is 4.43. The van der Waals surface area contributed by atoms with E-state index >= 15 is 0 Å². The van der Waals surface area contributed by atoms with Gasteiger partial charge in [-0.25, -0.2) is 0 Å². The Balaban J connectivity index is 2.17. The molecule has 0 amide bonds. The molecule has 1 atom stereocenters. The first kappa shape index (κ1) is 15.3. The monoisotopic (exact) mass is 286 g/mol. The van der Waals surface area contributed by atoms with Crippen LogP contribution in [-0.4, -0.2) is 20.9 Å². The average molecular weight is 286 g/mol. The van der Waals surface area contributed by atoms with Crippen molar-refractivity contribution < 1.29 is 9.90 Å². The van der Waals surface area contributed by atoms with Crippen LogP contribution in [0.4, 0.5) is 0 Å². The second-order valence-electron chi connectivity index (χ2n) is 5.26. The molecule has 0 fully saturated rings. The Kier molecular flexibility index (Phi) is 5.14. The van der Waals surface area contributed by atoms with E-state index < -0.39 is 11.9 Å². The van der Waals surface area contributed by atoms with E-state index in [9.17, 15) is 9.90 Å². The highest BCUT2D eigenvalue weighted by Crippen LogP contribution is 2.22. The smallest absolute Gasteiger partial charge is 0.311 e. The molecule has 0 aliphatic carbocycles. The number of aromatic nitrogens is 2. The van der Waals surface area contributed by atoms with Crippen LogP contribution < -0.4 is 0 Å². The number of benzene rings is 1. The largest absolute Gasteiger partial charge is 0.481 e. The Morgan fingerprint density at radius 3 is 2.43 bits per heavy atom. The maximum atomic E-state index is 11.5. The summed E-state index contributed by atoms with van der Waals surface area (Å²) in [6, 6.07) is 11.7. The van der Waals surface area contributed by atoms with Gasteiger partial charge in [-0.1, -0.05) is 44.2 Å². The highest BCUT2D eigenvalue weighted by molar-refractivity contribution is 5.76. The molecule has 112 valence electrons. The van der Waals surface area contributed by atoms with Gasteiger partial charge in [0.15, 0.2) is 0 Å². The van der Waals surface area contributed by atoms with E-state index in [2.05, 4.69) is 18.9 Å². The number of nitrogens with zero attached hydrogens (tertiary/aromatic N) is 2. The van der Waals surface area contributed by atoms with Crippen molar-refractivity contribution in [2.45, 2.75) is 45.1 Å². The van der Waals surface area contributed by atoms with Crippen LogP contribution in [0.2, 0.25) is 0 Å². The van der Waals surface area contributed by atoms with Crippen molar-refractivity contribution in [3.05, 3.63) is 53.9 Å². The topological polar surface area (TPSA) is 55.1 Å². The van der Waals surface area contributed by atoms with Gasteiger partial charge in [0.2, 0.25) is 0 Å². The van der Waals surface area contributed by atoms with E-state index in [1.165, 1.54) is 0 Å². The second-order valence-corrected chi connectivity index (χ2v) is 5.26. The average Bonchev–Trinajstić information content (AvgIpc) is 2.95. The predicted octanol–water partition coefficient (Wildman–Crippen LogP) is 3.66. The predicted molar refractivity (Wildman–Crippen MR) is 82.4 cm³/mol. The number of hydrogen-bond acceptors (Lipinski definition) is 2. The van der Waals surface area contributed by atoms with Crippen molar-refractivity contribution in [3.63, 3.8) is 0 Å². The molecule has 0 aliphatic heterocycles. The number of rotatable bonds is 7. The van der Waals surface area contributed by atoms with E-state index in [-0.39, 0.29) is 0 Å². The van der Waals surface area contributed by atoms with Crippen molar-refractivity contribution >= 4 is 5.97 Å². The van der Waals surface area contributed by atoms with Crippen molar-refractivity contribution in [3.8, 4) is 0 Å². The van der Waals surface area contributed by atoms with Crippen LogP contribution in [0.25, 0.3) is 0 Å². The van der Waals surface area contributed by atoms with Crippen LogP contribution in [-0.2, 0) is 11.2 Å². The van der Waals surface area contributed by atoms with Gasteiger partial charge in [-0.15, -0.1) is 0 Å². The molecule has 0 saturated heterocycles. The SMILES string of the molecule is CCC(CC)n1ccc(CC(C(=O)O)c2ccccc2)n1. The van der Waals surface area contributed by atoms with Gasteiger partial charge in [0.25, 0.3) is 0 Å². The molecule has 2 aromatic rings. The molecular formula is C17H22N2O2. The highest BCUT2D eigenvalue weighted by atomic mass is 16.4. The first-order valence-corrected chi connectivity index (χ1v) is 7.47. The van der Waals surface area contributed by atoms with Gasteiger partial charge in [0.05, 0.1) is 17.7 Å². The molecule has 1 unspecified atom stereocenters. The normalized spacial score (nSPS) is 12.5. The third-order valence-electron chi connectivity index (χ3n) is 3.89. The second kappa shape index (κ2) is 7.07. The van der Waals surface area contributed by atoms with Crippen LogP contribution in [0.5, 0.6) is 0 Å². The van der Waals surface area contributed by atoms with E-state index in [4.69, 9.17) is 0 Å². The van der Waals surface area contributed by atoms with Gasteiger partial charge in [-0.2, -0.15) is 5.10 Å². The van der Waals surface area contributed by atoms with Crippen LogP contribution in [0.15, 0.2) is 42.6 Å². The summed E-state index contributed by atoms with van der Waals surface area (Å²) in [7, 11) is 0. The fourth-order valence-corrected chi connectivity index (χ4v) is 2.59. The van der Waals surface area contributed by atoms with Crippen LogP contribution in [0, 0.1) is 0 Å².